The van der Waals surface area contributed by atoms with Gasteiger partial charge in [-0.15, -0.1) is 5.10 Å². The van der Waals surface area contributed by atoms with Crippen LogP contribution in [0.1, 0.15) is 31.7 Å². The van der Waals surface area contributed by atoms with Crippen molar-refractivity contribution in [2.45, 2.75) is 26.2 Å². The molecule has 10 nitrogen and oxygen atoms in total. The molecule has 1 aromatic rings. The number of rotatable bonds is 4. The molecule has 0 radical (unpaired) electrons. The van der Waals surface area contributed by atoms with E-state index in [-0.39, 0.29) is 16.6 Å². The number of carboxylic acid groups (broad SMARTS) is 1. The lowest BCUT2D eigenvalue weighted by Crippen LogP contribution is -2.29. The van der Waals surface area contributed by atoms with Crippen molar-refractivity contribution >= 4 is 29.5 Å². The van der Waals surface area contributed by atoms with E-state index in [1.165, 1.54) is 18.7 Å². The van der Waals surface area contributed by atoms with E-state index < -0.39 is 5.97 Å². The van der Waals surface area contributed by atoms with Crippen LogP contribution < -0.4 is 16.4 Å². The number of guanidine groups is 1. The number of piperidine rings is 1. The first kappa shape index (κ1) is 19.9. The second-order valence-corrected chi connectivity index (χ2v) is 5.34. The summed E-state index contributed by atoms with van der Waals surface area (Å²) in [6, 6.07) is 5.00. The largest absolute Gasteiger partial charge is 0.481 e. The molecular weight excluding hydrogens is 328 g/mol. The van der Waals surface area contributed by atoms with Gasteiger partial charge in [0.25, 0.3) is 11.7 Å². The number of benzene rings is 1. The van der Waals surface area contributed by atoms with Crippen LogP contribution in [-0.4, -0.2) is 41.3 Å². The van der Waals surface area contributed by atoms with Gasteiger partial charge in [0.05, 0.1) is 11.1 Å². The second kappa shape index (κ2) is 9.85. The zero-order chi connectivity index (χ0) is 18.8. The highest BCUT2D eigenvalue weighted by Crippen LogP contribution is 2.30. The number of nitro groups is 1. The molecule has 1 saturated heterocycles. The number of nitrogens with two attached hydrogens (primary N) is 2. The molecule has 1 aromatic carbocycles. The third-order valence-corrected chi connectivity index (χ3v) is 3.27. The lowest BCUT2D eigenvalue weighted by molar-refractivity contribution is -0.384. The molecule has 2 rings (SSSR count). The Morgan fingerprint density at radius 1 is 1.32 bits per heavy atom. The van der Waals surface area contributed by atoms with Gasteiger partial charge in [-0.05, 0) is 25.3 Å². The minimum atomic E-state index is -0.833. The van der Waals surface area contributed by atoms with E-state index in [2.05, 4.69) is 15.1 Å². The fourth-order valence-corrected chi connectivity index (χ4v) is 2.33. The highest BCUT2D eigenvalue weighted by atomic mass is 16.6. The van der Waals surface area contributed by atoms with Crippen molar-refractivity contribution < 1.29 is 14.8 Å². The van der Waals surface area contributed by atoms with Gasteiger partial charge in [0.15, 0.2) is 0 Å². The van der Waals surface area contributed by atoms with Gasteiger partial charge >= 0.3 is 0 Å². The molecule has 25 heavy (non-hydrogen) atoms. The zero-order valence-electron chi connectivity index (χ0n) is 14.0. The summed E-state index contributed by atoms with van der Waals surface area (Å²) in [7, 11) is 0. The van der Waals surface area contributed by atoms with Gasteiger partial charge in [-0.1, -0.05) is 6.07 Å². The van der Waals surface area contributed by atoms with E-state index in [1.54, 1.807) is 12.1 Å². The van der Waals surface area contributed by atoms with Crippen LogP contribution in [0, 0.1) is 10.1 Å². The first-order valence-electron chi connectivity index (χ1n) is 7.66. The van der Waals surface area contributed by atoms with Gasteiger partial charge in [0.2, 0.25) is 5.96 Å². The van der Waals surface area contributed by atoms with Crippen LogP contribution in [0.2, 0.25) is 0 Å². The smallest absolute Gasteiger partial charge is 0.300 e. The van der Waals surface area contributed by atoms with Crippen LogP contribution in [-0.2, 0) is 4.79 Å². The molecule has 0 atom stereocenters. The average molecular weight is 350 g/mol. The minimum absolute atomic E-state index is 0.0746. The van der Waals surface area contributed by atoms with E-state index in [1.807, 2.05) is 0 Å². The third kappa shape index (κ3) is 7.29. The summed E-state index contributed by atoms with van der Waals surface area (Å²) in [4.78, 5) is 21.9. The second-order valence-electron chi connectivity index (χ2n) is 5.34. The molecule has 0 spiro atoms. The Bertz CT molecular complexity index is 660. The van der Waals surface area contributed by atoms with Gasteiger partial charge in [-0.3, -0.25) is 14.9 Å². The van der Waals surface area contributed by atoms with Crippen molar-refractivity contribution in [1.82, 2.24) is 0 Å². The fourth-order valence-electron chi connectivity index (χ4n) is 2.33. The maximum atomic E-state index is 11.3. The van der Waals surface area contributed by atoms with Crippen molar-refractivity contribution in [2.24, 2.45) is 21.7 Å². The normalized spacial score (nSPS) is 13.7. The first-order valence-corrected chi connectivity index (χ1v) is 7.66. The molecule has 1 heterocycles. The third-order valence-electron chi connectivity index (χ3n) is 3.27. The average Bonchev–Trinajstić information content (AvgIpc) is 2.54. The summed E-state index contributed by atoms with van der Waals surface area (Å²) in [6.07, 6.45) is 4.68. The summed E-state index contributed by atoms with van der Waals surface area (Å²) in [5.41, 5.74) is 11.6. The van der Waals surface area contributed by atoms with E-state index in [0.29, 0.717) is 11.3 Å². The van der Waals surface area contributed by atoms with Crippen molar-refractivity contribution in [3.63, 3.8) is 0 Å². The molecular formula is C15H22N6O4. The van der Waals surface area contributed by atoms with Gasteiger partial charge < -0.3 is 21.5 Å². The molecule has 1 aliphatic heterocycles. The molecule has 0 aromatic heterocycles. The van der Waals surface area contributed by atoms with Crippen LogP contribution in [0.25, 0.3) is 0 Å². The lowest BCUT2D eigenvalue weighted by atomic mass is 10.1. The predicted octanol–water partition coefficient (Wildman–Crippen LogP) is 1.28. The lowest BCUT2D eigenvalue weighted by Gasteiger charge is -2.28. The molecule has 5 N–H and O–H groups in total. The van der Waals surface area contributed by atoms with E-state index >= 15 is 0 Å². The van der Waals surface area contributed by atoms with E-state index in [0.717, 1.165) is 32.9 Å². The van der Waals surface area contributed by atoms with Crippen molar-refractivity contribution in [3.05, 3.63) is 33.9 Å². The molecule has 1 aliphatic rings. The molecule has 0 saturated carbocycles. The highest BCUT2D eigenvalue weighted by Gasteiger charge is 2.21. The fraction of sp³-hybridized carbons (Fsp3) is 0.400. The summed E-state index contributed by atoms with van der Waals surface area (Å²) in [6.45, 7) is 2.78. The number of carboxylic acids is 1. The molecule has 10 heteroatoms. The molecule has 0 unspecified atom stereocenters. The van der Waals surface area contributed by atoms with Crippen molar-refractivity contribution in [3.8, 4) is 0 Å². The van der Waals surface area contributed by atoms with Crippen molar-refractivity contribution in [2.75, 3.05) is 18.0 Å². The van der Waals surface area contributed by atoms with Gasteiger partial charge in [0, 0.05) is 31.6 Å². The predicted molar refractivity (Wildman–Crippen MR) is 95.9 cm³/mol. The van der Waals surface area contributed by atoms with Gasteiger partial charge in [-0.25, -0.2) is 0 Å². The maximum absolute atomic E-state index is 11.3. The Labute approximate surface area is 145 Å². The number of nitrogens with zero attached hydrogens (tertiary/aromatic N) is 4. The number of anilines is 1. The quantitative estimate of drug-likeness (QED) is 0.319. The Kier molecular flexibility index (Phi) is 7.83. The Morgan fingerprint density at radius 2 is 1.92 bits per heavy atom. The highest BCUT2D eigenvalue weighted by molar-refractivity contribution is 5.84. The SMILES string of the molecule is CC(=O)O.NC(N)=N/N=C\c1ccc(N2CCCCC2)c([N+](=O)[O-])c1. The minimum Gasteiger partial charge on any atom is -0.481 e. The molecule has 1 fully saturated rings. The summed E-state index contributed by atoms with van der Waals surface area (Å²) in [5, 5.41) is 25.8. The topological polar surface area (TPSA) is 160 Å². The molecule has 0 amide bonds. The molecule has 0 aliphatic carbocycles. The van der Waals surface area contributed by atoms with E-state index in [9.17, 15) is 10.1 Å². The van der Waals surface area contributed by atoms with Crippen LogP contribution in [0.4, 0.5) is 11.4 Å². The monoisotopic (exact) mass is 350 g/mol. The number of nitro benzene ring substituents is 1. The Balaban J connectivity index is 0.000000705. The van der Waals surface area contributed by atoms with E-state index in [4.69, 9.17) is 21.4 Å². The van der Waals surface area contributed by atoms with Gasteiger partial charge in [0.1, 0.15) is 5.69 Å². The Hall–Kier alpha value is -3.17. The summed E-state index contributed by atoms with van der Waals surface area (Å²) < 4.78 is 0. The van der Waals surface area contributed by atoms with Crippen LogP contribution in [0.5, 0.6) is 0 Å². The first-order chi connectivity index (χ1) is 11.8. The molecule has 136 valence electrons. The summed E-state index contributed by atoms with van der Waals surface area (Å²) in [5.74, 6) is -0.995. The number of carbonyl (C=O) groups is 1. The van der Waals surface area contributed by atoms with Crippen molar-refractivity contribution in [1.29, 1.82) is 0 Å². The maximum Gasteiger partial charge on any atom is 0.300 e. The summed E-state index contributed by atoms with van der Waals surface area (Å²) >= 11 is 0. The van der Waals surface area contributed by atoms with Crippen LogP contribution >= 0.6 is 0 Å². The number of hydrogen-bond acceptors (Lipinski definition) is 6. The zero-order valence-corrected chi connectivity index (χ0v) is 14.0. The number of aliphatic carboxylic acids is 1. The number of hydrogen-bond donors (Lipinski definition) is 3. The standard InChI is InChI=1S/C13H18N6O2.C2H4O2/c14-13(15)17-16-9-10-4-5-11(12(8-10)19(20)21)18-6-2-1-3-7-18;1-2(3)4/h4-5,8-9H,1-3,6-7H2,(H4,14,15,17);1H3,(H,3,4)/b16-9-;. The Morgan fingerprint density at radius 3 is 2.44 bits per heavy atom. The van der Waals surface area contributed by atoms with Gasteiger partial charge in [-0.2, -0.15) is 5.10 Å². The van der Waals surface area contributed by atoms with Crippen LogP contribution in [0.15, 0.2) is 28.4 Å². The van der Waals surface area contributed by atoms with Crippen LogP contribution in [0.3, 0.4) is 0 Å². The molecule has 0 bridgehead atoms.